The Hall–Kier alpha value is -0.760. The summed E-state index contributed by atoms with van der Waals surface area (Å²) in [6.07, 6.45) is 0. The van der Waals surface area contributed by atoms with Crippen LogP contribution in [0.5, 0.6) is 0 Å². The van der Waals surface area contributed by atoms with Crippen molar-refractivity contribution >= 4 is 0 Å². The largest absolute Gasteiger partial charge is 0.465 e. The standard InChI is InChI=1S/C12H21NO/c1-9-10(8-13(5)6)7-11(14-9)12(2,3)4/h7H,8H2,1-6H3. The number of furan rings is 1. The molecule has 0 unspecified atom stereocenters. The highest BCUT2D eigenvalue weighted by Crippen LogP contribution is 2.27. The van der Waals surface area contributed by atoms with Crippen LogP contribution in [0.1, 0.15) is 37.9 Å². The van der Waals surface area contributed by atoms with Gasteiger partial charge in [-0.2, -0.15) is 0 Å². The molecule has 0 amide bonds. The van der Waals surface area contributed by atoms with E-state index < -0.39 is 0 Å². The molecule has 80 valence electrons. The van der Waals surface area contributed by atoms with Crippen molar-refractivity contribution < 1.29 is 4.42 Å². The number of rotatable bonds is 2. The number of hydrogen-bond donors (Lipinski definition) is 0. The SMILES string of the molecule is Cc1oc(C(C)(C)C)cc1CN(C)C. The first-order chi connectivity index (χ1) is 6.30. The van der Waals surface area contributed by atoms with Crippen molar-refractivity contribution in [3.8, 4) is 0 Å². The Kier molecular flexibility index (Phi) is 3.05. The number of nitrogens with zero attached hydrogens (tertiary/aromatic N) is 1. The molecule has 1 aromatic rings. The first-order valence-corrected chi connectivity index (χ1v) is 5.05. The van der Waals surface area contributed by atoms with Gasteiger partial charge in [0.2, 0.25) is 0 Å². The Bertz CT molecular complexity index is 305. The quantitative estimate of drug-likeness (QED) is 0.721. The van der Waals surface area contributed by atoms with Gasteiger partial charge in [-0.25, -0.2) is 0 Å². The van der Waals surface area contributed by atoms with Crippen molar-refractivity contribution in [1.82, 2.24) is 4.90 Å². The van der Waals surface area contributed by atoms with Crippen LogP contribution < -0.4 is 0 Å². The van der Waals surface area contributed by atoms with E-state index >= 15 is 0 Å². The van der Waals surface area contributed by atoms with Crippen LogP contribution in [0.4, 0.5) is 0 Å². The molecule has 0 aliphatic carbocycles. The van der Waals surface area contributed by atoms with Crippen LogP contribution in [0.2, 0.25) is 0 Å². The fourth-order valence-electron chi connectivity index (χ4n) is 1.39. The third kappa shape index (κ3) is 2.61. The third-order valence-corrected chi connectivity index (χ3v) is 2.25. The van der Waals surface area contributed by atoms with E-state index in [9.17, 15) is 0 Å². The van der Waals surface area contributed by atoms with Crippen LogP contribution in [0, 0.1) is 6.92 Å². The Labute approximate surface area is 86.9 Å². The topological polar surface area (TPSA) is 16.4 Å². The second-order valence-electron chi connectivity index (χ2n) is 5.18. The third-order valence-electron chi connectivity index (χ3n) is 2.25. The molecule has 0 aromatic carbocycles. The lowest BCUT2D eigenvalue weighted by Crippen LogP contribution is -2.11. The Balaban J connectivity index is 2.94. The molecule has 1 aromatic heterocycles. The Morgan fingerprint density at radius 2 is 1.86 bits per heavy atom. The summed E-state index contributed by atoms with van der Waals surface area (Å²) in [5.41, 5.74) is 1.40. The minimum atomic E-state index is 0.106. The fraction of sp³-hybridized carbons (Fsp3) is 0.667. The minimum Gasteiger partial charge on any atom is -0.465 e. The van der Waals surface area contributed by atoms with Gasteiger partial charge in [0.1, 0.15) is 11.5 Å². The molecule has 0 saturated heterocycles. The molecule has 0 aliphatic rings. The molecule has 14 heavy (non-hydrogen) atoms. The molecule has 0 spiro atoms. The molecule has 0 aliphatic heterocycles. The van der Waals surface area contributed by atoms with Gasteiger partial charge in [0.25, 0.3) is 0 Å². The van der Waals surface area contributed by atoms with E-state index in [0.29, 0.717) is 0 Å². The monoisotopic (exact) mass is 195 g/mol. The van der Waals surface area contributed by atoms with Gasteiger partial charge in [-0.1, -0.05) is 20.8 Å². The number of hydrogen-bond acceptors (Lipinski definition) is 2. The average molecular weight is 195 g/mol. The summed E-state index contributed by atoms with van der Waals surface area (Å²) in [6, 6.07) is 2.18. The van der Waals surface area contributed by atoms with Crippen molar-refractivity contribution in [2.75, 3.05) is 14.1 Å². The second-order valence-corrected chi connectivity index (χ2v) is 5.18. The summed E-state index contributed by atoms with van der Waals surface area (Å²) in [5, 5.41) is 0. The maximum Gasteiger partial charge on any atom is 0.109 e. The first kappa shape index (κ1) is 11.3. The molecule has 2 heteroatoms. The van der Waals surface area contributed by atoms with Crippen LogP contribution in [-0.2, 0) is 12.0 Å². The summed E-state index contributed by atoms with van der Waals surface area (Å²) in [7, 11) is 4.15. The fourth-order valence-corrected chi connectivity index (χ4v) is 1.39. The highest BCUT2D eigenvalue weighted by atomic mass is 16.3. The van der Waals surface area contributed by atoms with Crippen molar-refractivity contribution in [1.29, 1.82) is 0 Å². The van der Waals surface area contributed by atoms with Gasteiger partial charge in [-0.05, 0) is 27.1 Å². The highest BCUT2D eigenvalue weighted by molar-refractivity contribution is 5.24. The Morgan fingerprint density at radius 1 is 1.29 bits per heavy atom. The molecule has 0 N–H and O–H groups in total. The van der Waals surface area contributed by atoms with Gasteiger partial charge in [0.05, 0.1) is 0 Å². The van der Waals surface area contributed by atoms with Crippen LogP contribution in [-0.4, -0.2) is 19.0 Å². The van der Waals surface area contributed by atoms with Crippen molar-refractivity contribution in [2.24, 2.45) is 0 Å². The second kappa shape index (κ2) is 3.77. The summed E-state index contributed by atoms with van der Waals surface area (Å²) in [5.74, 6) is 2.12. The van der Waals surface area contributed by atoms with Gasteiger partial charge in [-0.15, -0.1) is 0 Å². The van der Waals surface area contributed by atoms with Gasteiger partial charge in [0, 0.05) is 17.5 Å². The van der Waals surface area contributed by atoms with Gasteiger partial charge in [-0.3, -0.25) is 0 Å². The van der Waals surface area contributed by atoms with Crippen LogP contribution in [0.15, 0.2) is 10.5 Å². The lowest BCUT2D eigenvalue weighted by atomic mass is 9.93. The van der Waals surface area contributed by atoms with Gasteiger partial charge < -0.3 is 9.32 Å². The van der Waals surface area contributed by atoms with Crippen LogP contribution in [0.25, 0.3) is 0 Å². The van der Waals surface area contributed by atoms with E-state index in [-0.39, 0.29) is 5.41 Å². The zero-order valence-electron chi connectivity index (χ0n) is 10.1. The van der Waals surface area contributed by atoms with Crippen molar-refractivity contribution in [2.45, 2.75) is 39.7 Å². The molecule has 2 nitrogen and oxygen atoms in total. The summed E-state index contributed by atoms with van der Waals surface area (Å²) >= 11 is 0. The molecule has 0 fully saturated rings. The van der Waals surface area contributed by atoms with Crippen molar-refractivity contribution in [3.05, 3.63) is 23.2 Å². The van der Waals surface area contributed by atoms with Crippen LogP contribution in [0.3, 0.4) is 0 Å². The normalized spacial score (nSPS) is 12.5. The maximum absolute atomic E-state index is 5.75. The zero-order valence-corrected chi connectivity index (χ0v) is 10.1. The van der Waals surface area contributed by atoms with E-state index in [1.54, 1.807) is 0 Å². The molecule has 1 heterocycles. The lowest BCUT2D eigenvalue weighted by Gasteiger charge is -2.13. The smallest absolute Gasteiger partial charge is 0.109 e. The molecular formula is C12H21NO. The molecule has 0 bridgehead atoms. The van der Waals surface area contributed by atoms with E-state index in [1.807, 2.05) is 6.92 Å². The molecular weight excluding hydrogens is 174 g/mol. The number of aryl methyl sites for hydroxylation is 1. The summed E-state index contributed by atoms with van der Waals surface area (Å²) < 4.78 is 5.75. The molecule has 0 radical (unpaired) electrons. The van der Waals surface area contributed by atoms with E-state index in [1.165, 1.54) is 5.56 Å². The molecule has 0 atom stereocenters. The maximum atomic E-state index is 5.75. The molecule has 1 rings (SSSR count). The van der Waals surface area contributed by atoms with E-state index in [4.69, 9.17) is 4.42 Å². The summed E-state index contributed by atoms with van der Waals surface area (Å²) in [4.78, 5) is 2.16. The molecule has 0 saturated carbocycles. The van der Waals surface area contributed by atoms with Crippen molar-refractivity contribution in [3.63, 3.8) is 0 Å². The summed E-state index contributed by atoms with van der Waals surface area (Å²) in [6.45, 7) is 9.50. The van der Waals surface area contributed by atoms with E-state index in [2.05, 4.69) is 45.8 Å². The average Bonchev–Trinajstić information content (AvgIpc) is 2.30. The Morgan fingerprint density at radius 3 is 2.21 bits per heavy atom. The highest BCUT2D eigenvalue weighted by Gasteiger charge is 2.20. The first-order valence-electron chi connectivity index (χ1n) is 5.05. The van der Waals surface area contributed by atoms with Crippen LogP contribution >= 0.6 is 0 Å². The van der Waals surface area contributed by atoms with Gasteiger partial charge in [0.15, 0.2) is 0 Å². The van der Waals surface area contributed by atoms with E-state index in [0.717, 1.165) is 18.1 Å². The van der Waals surface area contributed by atoms with Gasteiger partial charge >= 0.3 is 0 Å². The predicted molar refractivity (Wildman–Crippen MR) is 59.5 cm³/mol. The predicted octanol–water partition coefficient (Wildman–Crippen LogP) is 2.95. The minimum absolute atomic E-state index is 0.106. The zero-order chi connectivity index (χ0) is 10.9. The lowest BCUT2D eigenvalue weighted by molar-refractivity contribution is 0.382.